The third kappa shape index (κ3) is 2.42. The fourth-order valence-electron chi connectivity index (χ4n) is 2.54. The van der Waals surface area contributed by atoms with Crippen LogP contribution in [0.5, 0.6) is 0 Å². The first-order valence-electron chi connectivity index (χ1n) is 6.69. The molecule has 1 amide bonds. The van der Waals surface area contributed by atoms with Gasteiger partial charge in [-0.05, 0) is 25.7 Å². The van der Waals surface area contributed by atoms with Crippen LogP contribution in [0, 0.1) is 0 Å². The monoisotopic (exact) mass is 265 g/mol. The maximum absolute atomic E-state index is 12.0. The van der Waals surface area contributed by atoms with Crippen LogP contribution in [0.25, 0.3) is 0 Å². The minimum atomic E-state index is -0.628. The number of thiazole rings is 1. The lowest BCUT2D eigenvalue weighted by Gasteiger charge is -2.21. The summed E-state index contributed by atoms with van der Waals surface area (Å²) in [4.78, 5) is 16.6. The van der Waals surface area contributed by atoms with Gasteiger partial charge in [0.25, 0.3) is 0 Å². The van der Waals surface area contributed by atoms with Gasteiger partial charge in [0.1, 0.15) is 5.01 Å². The molecule has 3 N–H and O–H groups in total. The van der Waals surface area contributed by atoms with Crippen molar-refractivity contribution in [3.8, 4) is 0 Å². The molecule has 0 unspecified atom stereocenters. The Morgan fingerprint density at radius 1 is 1.50 bits per heavy atom. The summed E-state index contributed by atoms with van der Waals surface area (Å²) in [6, 6.07) is 0. The van der Waals surface area contributed by atoms with E-state index in [4.69, 9.17) is 5.73 Å². The van der Waals surface area contributed by atoms with Gasteiger partial charge >= 0.3 is 0 Å². The SMILES string of the molecule is NC1(C(=O)NCc2nc(C3CC3)cs2)CCCC1. The van der Waals surface area contributed by atoms with E-state index < -0.39 is 5.54 Å². The van der Waals surface area contributed by atoms with Gasteiger partial charge in [-0.2, -0.15) is 0 Å². The molecule has 0 radical (unpaired) electrons. The van der Waals surface area contributed by atoms with Gasteiger partial charge < -0.3 is 11.1 Å². The number of rotatable bonds is 4. The molecule has 5 heteroatoms. The zero-order chi connectivity index (χ0) is 12.6. The molecule has 1 aromatic heterocycles. The molecule has 4 nitrogen and oxygen atoms in total. The molecule has 98 valence electrons. The fraction of sp³-hybridized carbons (Fsp3) is 0.692. The summed E-state index contributed by atoms with van der Waals surface area (Å²) in [5.74, 6) is 0.671. The van der Waals surface area contributed by atoms with Gasteiger partial charge in [-0.1, -0.05) is 12.8 Å². The molecule has 0 bridgehead atoms. The summed E-state index contributed by atoms with van der Waals surface area (Å²) < 4.78 is 0. The van der Waals surface area contributed by atoms with Crippen molar-refractivity contribution in [2.24, 2.45) is 5.73 Å². The molecule has 2 aliphatic carbocycles. The molecule has 18 heavy (non-hydrogen) atoms. The minimum Gasteiger partial charge on any atom is -0.348 e. The number of aromatic nitrogens is 1. The van der Waals surface area contributed by atoms with Gasteiger partial charge in [-0.25, -0.2) is 4.98 Å². The Hall–Kier alpha value is -0.940. The smallest absolute Gasteiger partial charge is 0.240 e. The van der Waals surface area contributed by atoms with Crippen LogP contribution in [-0.2, 0) is 11.3 Å². The molecule has 0 spiro atoms. The predicted octanol–water partition coefficient (Wildman–Crippen LogP) is 1.91. The third-order valence-electron chi connectivity index (χ3n) is 3.91. The third-order valence-corrected chi connectivity index (χ3v) is 4.78. The Kier molecular flexibility index (Phi) is 3.11. The molecule has 1 aromatic rings. The molecule has 0 aromatic carbocycles. The number of hydrogen-bond donors (Lipinski definition) is 2. The van der Waals surface area contributed by atoms with Crippen molar-refractivity contribution in [1.29, 1.82) is 0 Å². The van der Waals surface area contributed by atoms with E-state index in [1.165, 1.54) is 18.5 Å². The van der Waals surface area contributed by atoms with E-state index in [9.17, 15) is 4.79 Å². The quantitative estimate of drug-likeness (QED) is 0.873. The molecule has 0 atom stereocenters. The highest BCUT2D eigenvalue weighted by Gasteiger charge is 2.36. The molecule has 2 fully saturated rings. The van der Waals surface area contributed by atoms with Crippen LogP contribution in [0.15, 0.2) is 5.38 Å². The Bertz CT molecular complexity index is 447. The second kappa shape index (κ2) is 4.63. The summed E-state index contributed by atoms with van der Waals surface area (Å²) in [5.41, 5.74) is 6.67. The van der Waals surface area contributed by atoms with E-state index in [1.54, 1.807) is 11.3 Å². The number of nitrogens with one attached hydrogen (secondary N) is 1. The van der Waals surface area contributed by atoms with Crippen molar-refractivity contribution in [2.75, 3.05) is 0 Å². The highest BCUT2D eigenvalue weighted by atomic mass is 32.1. The molecular weight excluding hydrogens is 246 g/mol. The van der Waals surface area contributed by atoms with E-state index in [-0.39, 0.29) is 5.91 Å². The Balaban J connectivity index is 1.55. The lowest BCUT2D eigenvalue weighted by molar-refractivity contribution is -0.126. The van der Waals surface area contributed by atoms with Crippen LogP contribution in [0.3, 0.4) is 0 Å². The Labute approximate surface area is 111 Å². The normalized spacial score (nSPS) is 22.1. The number of nitrogens with zero attached hydrogens (tertiary/aromatic N) is 1. The Morgan fingerprint density at radius 2 is 2.22 bits per heavy atom. The molecule has 2 aliphatic rings. The minimum absolute atomic E-state index is 0.0110. The second-order valence-corrected chi connectivity index (χ2v) is 6.43. The maximum Gasteiger partial charge on any atom is 0.240 e. The molecule has 3 rings (SSSR count). The van der Waals surface area contributed by atoms with Crippen LogP contribution in [-0.4, -0.2) is 16.4 Å². The average Bonchev–Trinajstić information content (AvgIpc) is 2.94. The lowest BCUT2D eigenvalue weighted by atomic mass is 9.98. The van der Waals surface area contributed by atoms with Crippen molar-refractivity contribution >= 4 is 17.2 Å². The van der Waals surface area contributed by atoms with Gasteiger partial charge in [0.2, 0.25) is 5.91 Å². The summed E-state index contributed by atoms with van der Waals surface area (Å²) in [5, 5.41) is 6.05. The zero-order valence-corrected chi connectivity index (χ0v) is 11.3. The molecular formula is C13H19N3OS. The molecule has 2 saturated carbocycles. The lowest BCUT2D eigenvalue weighted by Crippen LogP contribution is -2.51. The maximum atomic E-state index is 12.0. The highest BCUT2D eigenvalue weighted by Crippen LogP contribution is 2.40. The molecule has 0 saturated heterocycles. The average molecular weight is 265 g/mol. The first-order valence-corrected chi connectivity index (χ1v) is 7.57. The number of nitrogens with two attached hydrogens (primary N) is 1. The summed E-state index contributed by atoms with van der Waals surface area (Å²) in [6.07, 6.45) is 6.27. The van der Waals surface area contributed by atoms with Gasteiger partial charge in [0.05, 0.1) is 17.8 Å². The number of carbonyl (C=O) groups excluding carboxylic acids is 1. The van der Waals surface area contributed by atoms with Crippen molar-refractivity contribution in [3.05, 3.63) is 16.1 Å². The van der Waals surface area contributed by atoms with E-state index in [1.807, 2.05) is 0 Å². The zero-order valence-electron chi connectivity index (χ0n) is 10.4. The molecule has 0 aliphatic heterocycles. The number of amides is 1. The van der Waals surface area contributed by atoms with Gasteiger partial charge in [-0.3, -0.25) is 4.79 Å². The standard InChI is InChI=1S/C13H19N3OS/c14-13(5-1-2-6-13)12(17)15-7-11-16-10(8-18-11)9-3-4-9/h8-9H,1-7,14H2,(H,15,17). The predicted molar refractivity (Wildman–Crippen MR) is 71.3 cm³/mol. The van der Waals surface area contributed by atoms with E-state index in [0.29, 0.717) is 12.5 Å². The summed E-state index contributed by atoms with van der Waals surface area (Å²) in [7, 11) is 0. The van der Waals surface area contributed by atoms with Crippen molar-refractivity contribution in [2.45, 2.75) is 56.5 Å². The summed E-state index contributed by atoms with van der Waals surface area (Å²) >= 11 is 1.63. The fourth-order valence-corrected chi connectivity index (χ4v) is 3.35. The van der Waals surface area contributed by atoms with E-state index in [2.05, 4.69) is 15.7 Å². The first kappa shape index (κ1) is 12.1. The number of hydrogen-bond acceptors (Lipinski definition) is 4. The highest BCUT2D eigenvalue weighted by molar-refractivity contribution is 7.09. The topological polar surface area (TPSA) is 68.0 Å². The van der Waals surface area contributed by atoms with Gasteiger partial charge in [-0.15, -0.1) is 11.3 Å². The van der Waals surface area contributed by atoms with Crippen molar-refractivity contribution in [1.82, 2.24) is 10.3 Å². The van der Waals surface area contributed by atoms with Gasteiger partial charge in [0.15, 0.2) is 0 Å². The van der Waals surface area contributed by atoms with Crippen LogP contribution in [0.4, 0.5) is 0 Å². The van der Waals surface area contributed by atoms with E-state index in [0.717, 1.165) is 30.7 Å². The van der Waals surface area contributed by atoms with Gasteiger partial charge in [0, 0.05) is 11.3 Å². The van der Waals surface area contributed by atoms with Crippen LogP contribution >= 0.6 is 11.3 Å². The first-order chi connectivity index (χ1) is 8.67. The Morgan fingerprint density at radius 3 is 2.89 bits per heavy atom. The van der Waals surface area contributed by atoms with Crippen LogP contribution < -0.4 is 11.1 Å². The molecule has 1 heterocycles. The second-order valence-electron chi connectivity index (χ2n) is 5.49. The van der Waals surface area contributed by atoms with Crippen LogP contribution in [0.1, 0.15) is 55.1 Å². The van der Waals surface area contributed by atoms with Crippen LogP contribution in [0.2, 0.25) is 0 Å². The van der Waals surface area contributed by atoms with E-state index >= 15 is 0 Å². The number of carbonyl (C=O) groups is 1. The largest absolute Gasteiger partial charge is 0.348 e. The summed E-state index contributed by atoms with van der Waals surface area (Å²) in [6.45, 7) is 0.523. The van der Waals surface area contributed by atoms with Crippen molar-refractivity contribution < 1.29 is 4.79 Å². The van der Waals surface area contributed by atoms with Crippen molar-refractivity contribution in [3.63, 3.8) is 0 Å².